The second-order valence-corrected chi connectivity index (χ2v) is 8.89. The molecule has 3 aromatic rings. The van der Waals surface area contributed by atoms with Crippen molar-refractivity contribution >= 4 is 29.6 Å². The maximum absolute atomic E-state index is 12.8. The number of carbonyl (C=O) groups is 2. The first-order chi connectivity index (χ1) is 17.4. The number of nitrogens with zero attached hydrogens (tertiary/aromatic N) is 1. The number of halogens is 1. The van der Waals surface area contributed by atoms with Crippen molar-refractivity contribution in [2.45, 2.75) is 26.5 Å². The Morgan fingerprint density at radius 1 is 1.06 bits per heavy atom. The molecular weight excluding hydrogens is 482 g/mol. The minimum Gasteiger partial charge on any atom is -0.488 e. The largest absolute Gasteiger partial charge is 0.488 e. The van der Waals surface area contributed by atoms with Crippen LogP contribution < -0.4 is 25.0 Å². The Kier molecular flexibility index (Phi) is 8.07. The number of fused-ring (bicyclic) bond motifs is 1. The molecular formula is C27H26ClN3O5. The molecule has 2 N–H and O–H groups in total. The molecule has 0 saturated carbocycles. The van der Waals surface area contributed by atoms with Gasteiger partial charge in [0, 0.05) is 16.1 Å². The van der Waals surface area contributed by atoms with Crippen molar-refractivity contribution in [3.8, 4) is 17.2 Å². The predicted octanol–water partition coefficient (Wildman–Crippen LogP) is 4.55. The third-order valence-corrected chi connectivity index (χ3v) is 5.73. The van der Waals surface area contributed by atoms with E-state index in [0.29, 0.717) is 40.0 Å². The van der Waals surface area contributed by atoms with Crippen molar-refractivity contribution in [1.29, 1.82) is 0 Å². The highest BCUT2D eigenvalue weighted by Crippen LogP contribution is 2.32. The minimum atomic E-state index is -0.795. The summed E-state index contributed by atoms with van der Waals surface area (Å²) in [5.74, 6) is 0.684. The van der Waals surface area contributed by atoms with Crippen LogP contribution >= 0.6 is 11.6 Å². The monoisotopic (exact) mass is 507 g/mol. The molecule has 2 amide bonds. The first-order valence-electron chi connectivity index (χ1n) is 11.4. The second kappa shape index (κ2) is 11.6. The molecule has 186 valence electrons. The van der Waals surface area contributed by atoms with E-state index in [0.717, 1.165) is 5.56 Å². The lowest BCUT2D eigenvalue weighted by Gasteiger charge is -2.20. The van der Waals surface area contributed by atoms with Crippen molar-refractivity contribution in [1.82, 2.24) is 10.7 Å². The number of carbonyl (C=O) groups excluding carboxylic acids is 2. The van der Waals surface area contributed by atoms with E-state index >= 15 is 0 Å². The highest BCUT2D eigenvalue weighted by atomic mass is 35.5. The van der Waals surface area contributed by atoms with Crippen LogP contribution in [0.1, 0.15) is 35.3 Å². The Bertz CT molecular complexity index is 1260. The molecule has 0 radical (unpaired) electrons. The molecule has 8 nitrogen and oxygen atoms in total. The van der Waals surface area contributed by atoms with Crippen molar-refractivity contribution in [3.05, 3.63) is 88.4 Å². The number of benzene rings is 3. The quantitative estimate of drug-likeness (QED) is 0.327. The first-order valence-corrected chi connectivity index (χ1v) is 11.8. The zero-order valence-electron chi connectivity index (χ0n) is 19.9. The molecule has 0 spiro atoms. The number of ether oxygens (including phenoxy) is 3. The van der Waals surface area contributed by atoms with E-state index in [1.165, 1.54) is 6.21 Å². The predicted molar refractivity (Wildman–Crippen MR) is 137 cm³/mol. The third-order valence-electron chi connectivity index (χ3n) is 5.48. The first kappa shape index (κ1) is 25.1. The van der Waals surface area contributed by atoms with E-state index in [9.17, 15) is 9.59 Å². The summed E-state index contributed by atoms with van der Waals surface area (Å²) >= 11 is 5.93. The smallest absolute Gasteiger partial charge is 0.262 e. The molecule has 4 rings (SSSR count). The lowest BCUT2D eigenvalue weighted by molar-refractivity contribution is -0.123. The van der Waals surface area contributed by atoms with Gasteiger partial charge in [-0.3, -0.25) is 9.59 Å². The van der Waals surface area contributed by atoms with Crippen molar-refractivity contribution < 1.29 is 23.8 Å². The maximum Gasteiger partial charge on any atom is 0.262 e. The highest BCUT2D eigenvalue weighted by molar-refractivity contribution is 6.30. The summed E-state index contributed by atoms with van der Waals surface area (Å²) in [5, 5.41) is 7.52. The Hall–Kier alpha value is -4.04. The summed E-state index contributed by atoms with van der Waals surface area (Å²) in [6, 6.07) is 18.8. The molecule has 0 aromatic heterocycles. The summed E-state index contributed by atoms with van der Waals surface area (Å²) < 4.78 is 16.5. The Labute approximate surface area is 214 Å². The van der Waals surface area contributed by atoms with Crippen LogP contribution in [0.25, 0.3) is 0 Å². The molecule has 9 heteroatoms. The van der Waals surface area contributed by atoms with Crippen LogP contribution in [0.3, 0.4) is 0 Å². The number of hydrogen-bond acceptors (Lipinski definition) is 6. The average molecular weight is 508 g/mol. The van der Waals surface area contributed by atoms with Gasteiger partial charge in [0.2, 0.25) is 6.79 Å². The minimum absolute atomic E-state index is 0.116. The lowest BCUT2D eigenvalue weighted by atomic mass is 10.0. The third kappa shape index (κ3) is 6.34. The van der Waals surface area contributed by atoms with Crippen LogP contribution in [0.15, 0.2) is 71.8 Å². The van der Waals surface area contributed by atoms with E-state index in [-0.39, 0.29) is 12.7 Å². The number of hydrogen-bond donors (Lipinski definition) is 2. The van der Waals surface area contributed by atoms with E-state index in [1.54, 1.807) is 30.3 Å². The maximum atomic E-state index is 12.8. The molecule has 1 heterocycles. The van der Waals surface area contributed by atoms with Gasteiger partial charge < -0.3 is 19.5 Å². The number of nitrogens with one attached hydrogen (secondary N) is 2. The zero-order chi connectivity index (χ0) is 25.5. The fourth-order valence-electron chi connectivity index (χ4n) is 3.49. The van der Waals surface area contributed by atoms with Crippen LogP contribution in [0, 0.1) is 5.92 Å². The van der Waals surface area contributed by atoms with Crippen LogP contribution in [-0.4, -0.2) is 30.9 Å². The molecule has 1 aliphatic rings. The number of amides is 2. The zero-order valence-corrected chi connectivity index (χ0v) is 20.6. The number of hydrazone groups is 1. The van der Waals surface area contributed by atoms with E-state index in [1.807, 2.05) is 50.2 Å². The van der Waals surface area contributed by atoms with Crippen LogP contribution in [0.5, 0.6) is 17.2 Å². The molecule has 0 aliphatic carbocycles. The van der Waals surface area contributed by atoms with E-state index in [2.05, 4.69) is 15.8 Å². The summed E-state index contributed by atoms with van der Waals surface area (Å²) in [7, 11) is 0. The molecule has 0 fully saturated rings. The SMILES string of the molecule is CC(C)C(NC(=O)c1ccc2c(c1)OCO2)C(=O)NN=Cc1ccccc1OCc1ccc(Cl)cc1. The van der Waals surface area contributed by atoms with Gasteiger partial charge in [0.1, 0.15) is 18.4 Å². The van der Waals surface area contributed by atoms with Gasteiger partial charge in [-0.25, -0.2) is 5.43 Å². The fraction of sp³-hybridized carbons (Fsp3) is 0.222. The fourth-order valence-corrected chi connectivity index (χ4v) is 3.62. The summed E-state index contributed by atoms with van der Waals surface area (Å²) in [5.41, 5.74) is 4.55. The van der Waals surface area contributed by atoms with Gasteiger partial charge in [0.25, 0.3) is 11.8 Å². The van der Waals surface area contributed by atoms with Gasteiger partial charge in [-0.2, -0.15) is 5.10 Å². The number of rotatable bonds is 9. The number of para-hydroxylation sites is 1. The van der Waals surface area contributed by atoms with Gasteiger partial charge in [-0.05, 0) is 53.9 Å². The van der Waals surface area contributed by atoms with Gasteiger partial charge in [-0.1, -0.05) is 49.7 Å². The van der Waals surface area contributed by atoms with Crippen LogP contribution in [-0.2, 0) is 11.4 Å². The van der Waals surface area contributed by atoms with Gasteiger partial charge in [0.15, 0.2) is 11.5 Å². The average Bonchev–Trinajstić information content (AvgIpc) is 3.35. The van der Waals surface area contributed by atoms with Crippen molar-refractivity contribution in [2.24, 2.45) is 11.0 Å². The topological polar surface area (TPSA) is 98.2 Å². The van der Waals surface area contributed by atoms with E-state index in [4.69, 9.17) is 25.8 Å². The van der Waals surface area contributed by atoms with Crippen molar-refractivity contribution in [3.63, 3.8) is 0 Å². The summed E-state index contributed by atoms with van der Waals surface area (Å²) in [4.78, 5) is 25.6. The molecule has 1 atom stereocenters. The lowest BCUT2D eigenvalue weighted by Crippen LogP contribution is -2.48. The van der Waals surface area contributed by atoms with Crippen LogP contribution in [0.2, 0.25) is 5.02 Å². The molecule has 1 unspecified atom stereocenters. The molecule has 36 heavy (non-hydrogen) atoms. The Balaban J connectivity index is 1.37. The van der Waals surface area contributed by atoms with Gasteiger partial charge in [0.05, 0.1) is 6.21 Å². The van der Waals surface area contributed by atoms with Crippen LogP contribution in [0.4, 0.5) is 0 Å². The summed E-state index contributed by atoms with van der Waals surface area (Å²) in [6.07, 6.45) is 1.51. The van der Waals surface area contributed by atoms with Gasteiger partial charge in [-0.15, -0.1) is 0 Å². The normalized spacial score (nSPS) is 13.0. The molecule has 1 aliphatic heterocycles. The highest BCUT2D eigenvalue weighted by Gasteiger charge is 2.25. The second-order valence-electron chi connectivity index (χ2n) is 8.45. The Morgan fingerprint density at radius 2 is 1.81 bits per heavy atom. The van der Waals surface area contributed by atoms with E-state index < -0.39 is 17.9 Å². The summed E-state index contributed by atoms with van der Waals surface area (Å²) in [6.45, 7) is 4.15. The molecule has 0 saturated heterocycles. The molecule has 0 bridgehead atoms. The van der Waals surface area contributed by atoms with Gasteiger partial charge >= 0.3 is 0 Å². The molecule has 3 aromatic carbocycles. The standard InChI is InChI=1S/C27H26ClN3O5/c1-17(2)25(30-26(32)19-9-12-23-24(13-19)36-16-35-23)27(33)31-29-14-20-5-3-4-6-22(20)34-15-18-7-10-21(28)11-8-18/h3-14,17,25H,15-16H2,1-2H3,(H,30,32)(H,31,33). The Morgan fingerprint density at radius 3 is 2.58 bits per heavy atom. The van der Waals surface area contributed by atoms with Crippen molar-refractivity contribution in [2.75, 3.05) is 6.79 Å².